The maximum Gasteiger partial charge on any atom is 0.263 e. The number of hydrogen-bond donors (Lipinski definition) is 2. The Morgan fingerprint density at radius 3 is 2.65 bits per heavy atom. The van der Waals surface area contributed by atoms with E-state index in [1.165, 1.54) is 36.7 Å². The molecular formula is C23H20FN7O2S. The standard InChI is InChI=1S/C23H20FN7O2S/c24-17-11-14(9-10-18(17)30-34(32,33)19-8-4-1-5-15(19)12-25)21-20-22(26)27-13-28-23(20)31(29-21)16-6-2-3-7-16/h1,4-5,8-11,13,16,30H,2-3,6-7H2,(H2,26,27,28). The number of anilines is 2. The molecule has 34 heavy (non-hydrogen) atoms. The third kappa shape index (κ3) is 3.72. The van der Waals surface area contributed by atoms with Crippen molar-refractivity contribution in [3.63, 3.8) is 0 Å². The molecule has 0 aliphatic heterocycles. The van der Waals surface area contributed by atoms with E-state index in [1.54, 1.807) is 12.1 Å². The minimum absolute atomic E-state index is 0.0357. The number of rotatable bonds is 5. The first-order chi connectivity index (χ1) is 16.4. The molecule has 5 rings (SSSR count). The van der Waals surface area contributed by atoms with Crippen molar-refractivity contribution >= 4 is 32.6 Å². The van der Waals surface area contributed by atoms with E-state index in [9.17, 15) is 13.7 Å². The Labute approximate surface area is 195 Å². The zero-order chi connectivity index (χ0) is 23.9. The largest absolute Gasteiger partial charge is 0.383 e. The second-order valence-corrected chi connectivity index (χ2v) is 9.75. The van der Waals surface area contributed by atoms with Crippen molar-refractivity contribution in [3.8, 4) is 17.3 Å². The average Bonchev–Trinajstić information content (AvgIpc) is 3.49. The van der Waals surface area contributed by atoms with E-state index in [2.05, 4.69) is 14.7 Å². The van der Waals surface area contributed by atoms with Gasteiger partial charge in [0.25, 0.3) is 10.0 Å². The van der Waals surface area contributed by atoms with Crippen molar-refractivity contribution in [2.75, 3.05) is 10.5 Å². The lowest BCUT2D eigenvalue weighted by atomic mass is 10.1. The van der Waals surface area contributed by atoms with Crippen LogP contribution in [-0.4, -0.2) is 28.2 Å². The number of halogens is 1. The molecule has 0 bridgehead atoms. The van der Waals surface area contributed by atoms with E-state index >= 15 is 4.39 Å². The topological polar surface area (TPSA) is 140 Å². The predicted octanol–water partition coefficient (Wildman–Crippen LogP) is 4.00. The number of aromatic nitrogens is 4. The van der Waals surface area contributed by atoms with Crippen LogP contribution < -0.4 is 10.5 Å². The fourth-order valence-electron chi connectivity index (χ4n) is 4.34. The molecule has 0 unspecified atom stereocenters. The number of fused-ring (bicyclic) bond motifs is 1. The molecule has 0 saturated heterocycles. The molecule has 9 nitrogen and oxygen atoms in total. The van der Waals surface area contributed by atoms with Gasteiger partial charge in [-0.25, -0.2) is 27.5 Å². The number of sulfonamides is 1. The molecule has 0 atom stereocenters. The Morgan fingerprint density at radius 2 is 1.91 bits per heavy atom. The molecule has 1 aliphatic rings. The number of nitriles is 1. The quantitative estimate of drug-likeness (QED) is 0.443. The molecule has 11 heteroatoms. The number of nitrogen functional groups attached to an aromatic ring is 1. The van der Waals surface area contributed by atoms with Gasteiger partial charge in [0.1, 0.15) is 34.6 Å². The molecule has 1 saturated carbocycles. The van der Waals surface area contributed by atoms with Gasteiger partial charge in [0.15, 0.2) is 5.65 Å². The highest BCUT2D eigenvalue weighted by molar-refractivity contribution is 7.92. The van der Waals surface area contributed by atoms with Gasteiger partial charge in [0.2, 0.25) is 0 Å². The van der Waals surface area contributed by atoms with Crippen LogP contribution in [0.4, 0.5) is 15.9 Å². The van der Waals surface area contributed by atoms with E-state index in [1.807, 2.05) is 10.8 Å². The molecule has 172 valence electrons. The molecule has 3 N–H and O–H groups in total. The highest BCUT2D eigenvalue weighted by Gasteiger charge is 2.25. The first kappa shape index (κ1) is 21.8. The summed E-state index contributed by atoms with van der Waals surface area (Å²) < 4.78 is 44.7. The van der Waals surface area contributed by atoms with E-state index in [-0.39, 0.29) is 28.0 Å². The summed E-state index contributed by atoms with van der Waals surface area (Å²) in [7, 11) is -4.18. The monoisotopic (exact) mass is 477 g/mol. The summed E-state index contributed by atoms with van der Waals surface area (Å²) in [6.45, 7) is 0. The van der Waals surface area contributed by atoms with Gasteiger partial charge in [0, 0.05) is 5.56 Å². The SMILES string of the molecule is N#Cc1ccccc1S(=O)(=O)Nc1ccc(-c2nn(C3CCCC3)c3ncnc(N)c23)cc1F. The lowest BCUT2D eigenvalue weighted by Gasteiger charge is -2.11. The van der Waals surface area contributed by atoms with Crippen LogP contribution in [0.15, 0.2) is 53.7 Å². The summed E-state index contributed by atoms with van der Waals surface area (Å²) in [6, 6.07) is 11.8. The van der Waals surface area contributed by atoms with Crippen LogP contribution in [0.2, 0.25) is 0 Å². The van der Waals surface area contributed by atoms with E-state index < -0.39 is 15.8 Å². The molecule has 1 fully saturated rings. The molecule has 4 aromatic rings. The number of hydrogen-bond acceptors (Lipinski definition) is 7. The van der Waals surface area contributed by atoms with E-state index in [0.717, 1.165) is 25.7 Å². The number of nitrogens with zero attached hydrogens (tertiary/aromatic N) is 5. The van der Waals surface area contributed by atoms with Gasteiger partial charge in [-0.2, -0.15) is 10.4 Å². The molecular weight excluding hydrogens is 457 g/mol. The minimum atomic E-state index is -4.18. The van der Waals surface area contributed by atoms with Gasteiger partial charge in [-0.15, -0.1) is 0 Å². The second-order valence-electron chi connectivity index (χ2n) is 8.10. The summed E-state index contributed by atoms with van der Waals surface area (Å²) in [5.74, 6) is -0.558. The molecule has 1 aliphatic carbocycles. The van der Waals surface area contributed by atoms with Gasteiger partial charge in [-0.05, 0) is 37.1 Å². The van der Waals surface area contributed by atoms with Crippen LogP contribution in [0.1, 0.15) is 37.3 Å². The second kappa shape index (κ2) is 8.39. The Kier molecular flexibility index (Phi) is 5.37. The average molecular weight is 478 g/mol. The third-order valence-corrected chi connectivity index (χ3v) is 7.40. The molecule has 0 amide bonds. The molecule has 2 aromatic carbocycles. The highest BCUT2D eigenvalue weighted by atomic mass is 32.2. The number of nitrogens with two attached hydrogens (primary N) is 1. The van der Waals surface area contributed by atoms with Crippen molar-refractivity contribution in [2.45, 2.75) is 36.6 Å². The predicted molar refractivity (Wildman–Crippen MR) is 125 cm³/mol. The lowest BCUT2D eigenvalue weighted by molar-refractivity contribution is 0.479. The highest BCUT2D eigenvalue weighted by Crippen LogP contribution is 2.37. The van der Waals surface area contributed by atoms with Crippen molar-refractivity contribution in [1.82, 2.24) is 19.7 Å². The Balaban J connectivity index is 1.54. The van der Waals surface area contributed by atoms with Gasteiger partial charge >= 0.3 is 0 Å². The van der Waals surface area contributed by atoms with Crippen LogP contribution in [0, 0.1) is 17.1 Å². The summed E-state index contributed by atoms with van der Waals surface area (Å²) in [5.41, 5.74) is 7.29. The Bertz CT molecular complexity index is 1550. The number of nitrogens with one attached hydrogen (secondary N) is 1. The van der Waals surface area contributed by atoms with Crippen molar-refractivity contribution in [1.29, 1.82) is 5.26 Å². The summed E-state index contributed by atoms with van der Waals surface area (Å²) in [4.78, 5) is 8.21. The van der Waals surface area contributed by atoms with Crippen LogP contribution >= 0.6 is 0 Å². The van der Waals surface area contributed by atoms with E-state index in [0.29, 0.717) is 22.3 Å². The molecule has 0 radical (unpaired) electrons. The first-order valence-corrected chi connectivity index (χ1v) is 12.2. The van der Waals surface area contributed by atoms with Gasteiger partial charge in [0.05, 0.1) is 22.7 Å². The summed E-state index contributed by atoms with van der Waals surface area (Å²) >= 11 is 0. The first-order valence-electron chi connectivity index (χ1n) is 10.7. The molecule has 0 spiro atoms. The van der Waals surface area contributed by atoms with Gasteiger partial charge in [-0.1, -0.05) is 31.0 Å². The van der Waals surface area contributed by atoms with Crippen molar-refractivity contribution < 1.29 is 12.8 Å². The Morgan fingerprint density at radius 1 is 1.15 bits per heavy atom. The van der Waals surface area contributed by atoms with E-state index in [4.69, 9.17) is 10.8 Å². The van der Waals surface area contributed by atoms with Gasteiger partial charge < -0.3 is 5.73 Å². The zero-order valence-corrected chi connectivity index (χ0v) is 18.8. The zero-order valence-electron chi connectivity index (χ0n) is 17.9. The maximum atomic E-state index is 15.1. The van der Waals surface area contributed by atoms with Crippen LogP contribution in [0.3, 0.4) is 0 Å². The smallest absolute Gasteiger partial charge is 0.263 e. The van der Waals surface area contributed by atoms with Crippen LogP contribution in [-0.2, 0) is 10.0 Å². The number of benzene rings is 2. The fraction of sp³-hybridized carbons (Fsp3) is 0.217. The molecule has 2 aromatic heterocycles. The summed E-state index contributed by atoms with van der Waals surface area (Å²) in [5, 5.41) is 14.5. The summed E-state index contributed by atoms with van der Waals surface area (Å²) in [6.07, 6.45) is 5.52. The molecule has 2 heterocycles. The maximum absolute atomic E-state index is 15.1. The minimum Gasteiger partial charge on any atom is -0.383 e. The Hall–Kier alpha value is -4.04. The normalized spacial score (nSPS) is 14.4. The van der Waals surface area contributed by atoms with Gasteiger partial charge in [-0.3, -0.25) is 4.72 Å². The fourth-order valence-corrected chi connectivity index (χ4v) is 5.57. The van der Waals surface area contributed by atoms with Crippen LogP contribution in [0.25, 0.3) is 22.3 Å². The van der Waals surface area contributed by atoms with Crippen LogP contribution in [0.5, 0.6) is 0 Å². The lowest BCUT2D eigenvalue weighted by Crippen LogP contribution is -2.15. The third-order valence-electron chi connectivity index (χ3n) is 5.97. The van der Waals surface area contributed by atoms with Crippen molar-refractivity contribution in [2.24, 2.45) is 0 Å². The van der Waals surface area contributed by atoms with Crippen molar-refractivity contribution in [3.05, 3.63) is 60.2 Å².